The van der Waals surface area contributed by atoms with Crippen LogP contribution in [0.5, 0.6) is 5.75 Å². The molecule has 2 heterocycles. The smallest absolute Gasteiger partial charge is 0.274 e. The molecule has 26 heavy (non-hydrogen) atoms. The standard InChI is InChI=1S/C20H27N3O3/c1-3-11-23-13-9-17(21-23)19(24)22-12-6-10-20(25,14-22)15-26-18-8-5-4-7-16(18)2/h4-5,7-9,13,25H,3,6,10-12,14-15H2,1-2H3. The summed E-state index contributed by atoms with van der Waals surface area (Å²) in [6, 6.07) is 9.48. The topological polar surface area (TPSA) is 67.6 Å². The molecule has 0 spiro atoms. The number of carbonyl (C=O) groups excluding carboxylic acids is 1. The maximum Gasteiger partial charge on any atom is 0.274 e. The Morgan fingerprint density at radius 2 is 2.15 bits per heavy atom. The normalized spacial score (nSPS) is 20.2. The van der Waals surface area contributed by atoms with E-state index in [1.54, 1.807) is 15.6 Å². The van der Waals surface area contributed by atoms with Crippen LogP contribution in [0.4, 0.5) is 0 Å². The van der Waals surface area contributed by atoms with E-state index in [1.807, 2.05) is 37.4 Å². The number of nitrogens with zero attached hydrogens (tertiary/aromatic N) is 3. The molecule has 1 aromatic carbocycles. The van der Waals surface area contributed by atoms with Gasteiger partial charge in [-0.3, -0.25) is 9.48 Å². The van der Waals surface area contributed by atoms with Crippen molar-refractivity contribution in [1.82, 2.24) is 14.7 Å². The van der Waals surface area contributed by atoms with Gasteiger partial charge < -0.3 is 14.7 Å². The lowest BCUT2D eigenvalue weighted by atomic mass is 9.93. The monoisotopic (exact) mass is 357 g/mol. The number of aromatic nitrogens is 2. The minimum atomic E-state index is -1.04. The second kappa shape index (κ2) is 7.91. The van der Waals surface area contributed by atoms with Crippen molar-refractivity contribution in [2.45, 2.75) is 45.3 Å². The number of β-amino-alcohol motifs (C(OH)–C–C–N with tert-alkyl or cyclic N) is 1. The molecular weight excluding hydrogens is 330 g/mol. The first-order valence-electron chi connectivity index (χ1n) is 9.24. The molecule has 1 fully saturated rings. The summed E-state index contributed by atoms with van der Waals surface area (Å²) < 4.78 is 7.62. The lowest BCUT2D eigenvalue weighted by Gasteiger charge is -2.38. The zero-order valence-corrected chi connectivity index (χ0v) is 15.5. The van der Waals surface area contributed by atoms with Crippen molar-refractivity contribution >= 4 is 5.91 Å². The first kappa shape index (κ1) is 18.5. The van der Waals surface area contributed by atoms with E-state index in [4.69, 9.17) is 4.74 Å². The number of carbonyl (C=O) groups is 1. The predicted molar refractivity (Wildman–Crippen MR) is 99.3 cm³/mol. The van der Waals surface area contributed by atoms with Gasteiger partial charge in [0.15, 0.2) is 0 Å². The van der Waals surface area contributed by atoms with Gasteiger partial charge in [0.1, 0.15) is 23.7 Å². The molecule has 1 atom stereocenters. The van der Waals surface area contributed by atoms with Crippen LogP contribution in [0.25, 0.3) is 0 Å². The second-order valence-electron chi connectivity index (χ2n) is 7.07. The third kappa shape index (κ3) is 4.25. The maximum absolute atomic E-state index is 12.7. The zero-order valence-electron chi connectivity index (χ0n) is 15.5. The fourth-order valence-corrected chi connectivity index (χ4v) is 3.33. The van der Waals surface area contributed by atoms with Crippen LogP contribution < -0.4 is 4.74 Å². The van der Waals surface area contributed by atoms with Gasteiger partial charge in [0.2, 0.25) is 0 Å². The highest BCUT2D eigenvalue weighted by Crippen LogP contribution is 2.25. The Labute approximate surface area is 154 Å². The third-order valence-corrected chi connectivity index (χ3v) is 4.74. The van der Waals surface area contributed by atoms with Gasteiger partial charge in [0.25, 0.3) is 5.91 Å². The van der Waals surface area contributed by atoms with Crippen molar-refractivity contribution in [3.63, 3.8) is 0 Å². The largest absolute Gasteiger partial charge is 0.490 e. The molecule has 0 bridgehead atoms. The molecule has 1 saturated heterocycles. The molecule has 1 aromatic heterocycles. The summed E-state index contributed by atoms with van der Waals surface area (Å²) in [5, 5.41) is 15.3. The lowest BCUT2D eigenvalue weighted by Crippen LogP contribution is -2.53. The molecule has 1 unspecified atom stereocenters. The summed E-state index contributed by atoms with van der Waals surface area (Å²) in [6.07, 6.45) is 4.16. The number of rotatable bonds is 6. The average molecular weight is 357 g/mol. The van der Waals surface area contributed by atoms with E-state index < -0.39 is 5.60 Å². The van der Waals surface area contributed by atoms with E-state index in [1.165, 1.54) is 0 Å². The first-order valence-corrected chi connectivity index (χ1v) is 9.24. The molecule has 0 saturated carbocycles. The van der Waals surface area contributed by atoms with Gasteiger partial charge >= 0.3 is 0 Å². The predicted octanol–water partition coefficient (Wildman–Crippen LogP) is 2.65. The van der Waals surface area contributed by atoms with E-state index in [-0.39, 0.29) is 19.1 Å². The molecule has 6 nitrogen and oxygen atoms in total. The number of benzene rings is 1. The molecule has 1 amide bonds. The Morgan fingerprint density at radius 3 is 2.92 bits per heavy atom. The molecule has 1 aliphatic rings. The van der Waals surface area contributed by atoms with Gasteiger partial charge in [-0.2, -0.15) is 5.10 Å². The molecule has 140 valence electrons. The highest BCUT2D eigenvalue weighted by molar-refractivity contribution is 5.92. The summed E-state index contributed by atoms with van der Waals surface area (Å²) in [4.78, 5) is 14.4. The lowest BCUT2D eigenvalue weighted by molar-refractivity contribution is -0.0534. The maximum atomic E-state index is 12.7. The molecule has 6 heteroatoms. The van der Waals surface area contributed by atoms with Gasteiger partial charge in [0, 0.05) is 19.3 Å². The highest BCUT2D eigenvalue weighted by atomic mass is 16.5. The van der Waals surface area contributed by atoms with Crippen LogP contribution in [0.15, 0.2) is 36.5 Å². The number of amides is 1. The quantitative estimate of drug-likeness (QED) is 0.863. The summed E-state index contributed by atoms with van der Waals surface area (Å²) in [6.45, 7) is 5.91. The molecule has 0 radical (unpaired) electrons. The number of aryl methyl sites for hydroxylation is 2. The number of aliphatic hydroxyl groups is 1. The Balaban J connectivity index is 1.63. The summed E-state index contributed by atoms with van der Waals surface area (Å²) >= 11 is 0. The van der Waals surface area contributed by atoms with Crippen molar-refractivity contribution in [3.05, 3.63) is 47.8 Å². The highest BCUT2D eigenvalue weighted by Gasteiger charge is 2.37. The number of ether oxygens (including phenoxy) is 1. The minimum Gasteiger partial charge on any atom is -0.490 e. The first-order chi connectivity index (χ1) is 12.5. The van der Waals surface area contributed by atoms with Gasteiger partial charge in [-0.15, -0.1) is 0 Å². The Kier molecular flexibility index (Phi) is 5.61. The van der Waals surface area contributed by atoms with E-state index in [0.717, 1.165) is 30.7 Å². The van der Waals surface area contributed by atoms with Crippen molar-refractivity contribution in [2.75, 3.05) is 19.7 Å². The Hall–Kier alpha value is -2.34. The van der Waals surface area contributed by atoms with Crippen LogP contribution in [-0.4, -0.2) is 51.0 Å². The van der Waals surface area contributed by atoms with Crippen LogP contribution >= 0.6 is 0 Å². The molecule has 2 aromatic rings. The van der Waals surface area contributed by atoms with Gasteiger partial charge in [0.05, 0.1) is 6.54 Å². The second-order valence-corrected chi connectivity index (χ2v) is 7.07. The van der Waals surface area contributed by atoms with Crippen molar-refractivity contribution in [2.24, 2.45) is 0 Å². The van der Waals surface area contributed by atoms with Crippen LogP contribution in [0.1, 0.15) is 42.2 Å². The Bertz CT molecular complexity index is 758. The van der Waals surface area contributed by atoms with E-state index in [2.05, 4.69) is 12.0 Å². The number of hydrogen-bond donors (Lipinski definition) is 1. The SMILES string of the molecule is CCCn1ccc(C(=O)N2CCCC(O)(COc3ccccc3C)C2)n1. The van der Waals surface area contributed by atoms with Crippen molar-refractivity contribution < 1.29 is 14.6 Å². The van der Waals surface area contributed by atoms with E-state index >= 15 is 0 Å². The van der Waals surface area contributed by atoms with E-state index in [9.17, 15) is 9.90 Å². The number of piperidine rings is 1. The fraction of sp³-hybridized carbons (Fsp3) is 0.500. The van der Waals surface area contributed by atoms with Gasteiger partial charge in [-0.05, 0) is 43.9 Å². The Morgan fingerprint density at radius 1 is 1.35 bits per heavy atom. The van der Waals surface area contributed by atoms with Gasteiger partial charge in [-0.25, -0.2) is 0 Å². The van der Waals surface area contributed by atoms with Crippen LogP contribution in [-0.2, 0) is 6.54 Å². The summed E-state index contributed by atoms with van der Waals surface area (Å²) in [7, 11) is 0. The average Bonchev–Trinajstić information content (AvgIpc) is 3.09. The third-order valence-electron chi connectivity index (χ3n) is 4.74. The van der Waals surface area contributed by atoms with Crippen LogP contribution in [0.3, 0.4) is 0 Å². The molecule has 0 aliphatic carbocycles. The van der Waals surface area contributed by atoms with Crippen LogP contribution in [0, 0.1) is 6.92 Å². The molecule has 3 rings (SSSR count). The summed E-state index contributed by atoms with van der Waals surface area (Å²) in [5.41, 5.74) is 0.422. The molecule has 1 N–H and O–H groups in total. The number of hydrogen-bond acceptors (Lipinski definition) is 4. The summed E-state index contributed by atoms with van der Waals surface area (Å²) in [5.74, 6) is 0.636. The number of para-hydroxylation sites is 1. The molecular formula is C20H27N3O3. The zero-order chi connectivity index (χ0) is 18.6. The molecule has 1 aliphatic heterocycles. The van der Waals surface area contributed by atoms with Crippen molar-refractivity contribution in [3.8, 4) is 5.75 Å². The van der Waals surface area contributed by atoms with Crippen molar-refractivity contribution in [1.29, 1.82) is 0 Å². The number of likely N-dealkylation sites (tertiary alicyclic amines) is 1. The van der Waals surface area contributed by atoms with E-state index in [0.29, 0.717) is 18.7 Å². The van der Waals surface area contributed by atoms with Gasteiger partial charge in [-0.1, -0.05) is 25.1 Å². The fourth-order valence-electron chi connectivity index (χ4n) is 3.33. The minimum absolute atomic E-state index is 0.131. The van der Waals surface area contributed by atoms with Crippen LogP contribution in [0.2, 0.25) is 0 Å².